The molecule has 7 nitrogen and oxygen atoms in total. The van der Waals surface area contributed by atoms with Crippen LogP contribution in [0.5, 0.6) is 0 Å². The summed E-state index contributed by atoms with van der Waals surface area (Å²) in [6.07, 6.45) is 0. The Morgan fingerprint density at radius 2 is 1.78 bits per heavy atom. The van der Waals surface area contributed by atoms with Crippen molar-refractivity contribution in [1.29, 1.82) is 0 Å². The topological polar surface area (TPSA) is 96.8 Å². The van der Waals surface area contributed by atoms with Gasteiger partial charge in [0, 0.05) is 23.3 Å². The van der Waals surface area contributed by atoms with Crippen molar-refractivity contribution in [1.82, 2.24) is 14.8 Å². The fourth-order valence-electron chi connectivity index (χ4n) is 3.21. The predicted octanol–water partition coefficient (Wildman–Crippen LogP) is 2.63. The van der Waals surface area contributed by atoms with E-state index < -0.39 is 10.0 Å². The highest BCUT2D eigenvalue weighted by atomic mass is 32.2. The number of aromatic nitrogens is 3. The average Bonchev–Trinajstić information content (AvgIpc) is 3.04. The summed E-state index contributed by atoms with van der Waals surface area (Å²) in [4.78, 5) is 13.0. The number of anilines is 1. The Kier molecular flexibility index (Phi) is 4.19. The summed E-state index contributed by atoms with van der Waals surface area (Å²) >= 11 is 0. The number of aromatic amines is 1. The summed E-state index contributed by atoms with van der Waals surface area (Å²) in [5.41, 5.74) is 2.19. The van der Waals surface area contributed by atoms with Crippen molar-refractivity contribution >= 4 is 37.5 Å². The van der Waals surface area contributed by atoms with Gasteiger partial charge in [-0.05, 0) is 25.1 Å². The van der Waals surface area contributed by atoms with Crippen LogP contribution in [-0.4, -0.2) is 28.9 Å². The Bertz CT molecular complexity index is 1290. The fourth-order valence-corrected chi connectivity index (χ4v) is 4.23. The zero-order valence-electron chi connectivity index (χ0n) is 14.6. The van der Waals surface area contributed by atoms with E-state index in [9.17, 15) is 13.2 Å². The lowest BCUT2D eigenvalue weighted by Crippen LogP contribution is -2.27. The van der Waals surface area contributed by atoms with Crippen LogP contribution < -0.4 is 10.3 Å². The van der Waals surface area contributed by atoms with Crippen LogP contribution in [0, 0.1) is 6.92 Å². The molecule has 0 saturated heterocycles. The number of fused-ring (bicyclic) bond motifs is 3. The zero-order valence-corrected chi connectivity index (χ0v) is 15.5. The van der Waals surface area contributed by atoms with E-state index in [1.54, 1.807) is 37.3 Å². The van der Waals surface area contributed by atoms with E-state index in [0.29, 0.717) is 27.8 Å². The number of rotatable bonds is 5. The largest absolute Gasteiger partial charge is 0.306 e. The van der Waals surface area contributed by atoms with Gasteiger partial charge in [0.05, 0.1) is 16.7 Å². The Morgan fingerprint density at radius 1 is 1.07 bits per heavy atom. The number of sulfonamides is 1. The molecule has 2 aromatic carbocycles. The predicted molar refractivity (Wildman–Crippen MR) is 106 cm³/mol. The molecular formula is C19H18N4O3S. The Hall–Kier alpha value is -3.13. The van der Waals surface area contributed by atoms with E-state index in [2.05, 4.69) is 14.9 Å². The third-order valence-corrected chi connectivity index (χ3v) is 5.75. The lowest BCUT2D eigenvalue weighted by Gasteiger charge is -2.12. The first-order valence-corrected chi connectivity index (χ1v) is 10.1. The molecule has 2 aromatic heterocycles. The molecule has 0 fully saturated rings. The molecular weight excluding hydrogens is 364 g/mol. The van der Waals surface area contributed by atoms with Crippen LogP contribution in [-0.2, 0) is 16.6 Å². The van der Waals surface area contributed by atoms with Gasteiger partial charge in [-0.25, -0.2) is 8.42 Å². The zero-order chi connectivity index (χ0) is 19.0. The van der Waals surface area contributed by atoms with Gasteiger partial charge in [-0.2, -0.15) is 5.10 Å². The van der Waals surface area contributed by atoms with Crippen molar-refractivity contribution in [3.8, 4) is 0 Å². The Labute approximate surface area is 155 Å². The summed E-state index contributed by atoms with van der Waals surface area (Å²) in [5.74, 6) is -0.214. The van der Waals surface area contributed by atoms with E-state index in [1.165, 1.54) is 4.57 Å². The standard InChI is InChI=1S/C19H18N4O3S/c1-13-17-18(21-20-13)15-9-5-6-10-16(15)23(19(17)24)11-12-27(25,26)22-14-7-3-2-4-8-14/h2-10,22H,11-12H2,1H3,(H,20,21). The molecule has 27 heavy (non-hydrogen) atoms. The number of benzene rings is 2. The molecule has 2 N–H and O–H groups in total. The lowest BCUT2D eigenvalue weighted by atomic mass is 10.1. The second-order valence-corrected chi connectivity index (χ2v) is 8.17. The maximum atomic E-state index is 13.0. The molecule has 0 atom stereocenters. The summed E-state index contributed by atoms with van der Waals surface area (Å²) in [6, 6.07) is 16.1. The van der Waals surface area contributed by atoms with Crippen LogP contribution in [0.3, 0.4) is 0 Å². The molecule has 0 amide bonds. The monoisotopic (exact) mass is 382 g/mol. The molecule has 0 aliphatic heterocycles. The van der Waals surface area contributed by atoms with Crippen molar-refractivity contribution in [2.45, 2.75) is 13.5 Å². The van der Waals surface area contributed by atoms with Gasteiger partial charge >= 0.3 is 0 Å². The van der Waals surface area contributed by atoms with Crippen molar-refractivity contribution in [2.24, 2.45) is 0 Å². The highest BCUT2D eigenvalue weighted by Gasteiger charge is 2.17. The van der Waals surface area contributed by atoms with Gasteiger partial charge in [-0.1, -0.05) is 36.4 Å². The molecule has 0 radical (unpaired) electrons. The SMILES string of the molecule is Cc1[nH]nc2c1c(=O)n(CCS(=O)(=O)Nc1ccccc1)c1ccccc21. The molecule has 2 heterocycles. The number of aryl methyl sites for hydroxylation is 2. The fraction of sp³-hybridized carbons (Fsp3) is 0.158. The summed E-state index contributed by atoms with van der Waals surface area (Å²) in [5, 5.41) is 8.39. The number of hydrogen-bond acceptors (Lipinski definition) is 4. The highest BCUT2D eigenvalue weighted by Crippen LogP contribution is 2.22. The maximum Gasteiger partial charge on any atom is 0.262 e. The molecule has 0 saturated carbocycles. The molecule has 4 rings (SSSR count). The van der Waals surface area contributed by atoms with Crippen molar-refractivity contribution in [2.75, 3.05) is 10.5 Å². The van der Waals surface area contributed by atoms with Gasteiger partial charge in [-0.3, -0.25) is 14.6 Å². The van der Waals surface area contributed by atoms with Crippen molar-refractivity contribution in [3.05, 3.63) is 70.6 Å². The molecule has 0 unspecified atom stereocenters. The van der Waals surface area contributed by atoms with Crippen molar-refractivity contribution < 1.29 is 8.42 Å². The molecule has 4 aromatic rings. The highest BCUT2D eigenvalue weighted by molar-refractivity contribution is 7.92. The molecule has 0 aliphatic rings. The van der Waals surface area contributed by atoms with E-state index in [0.717, 1.165) is 5.39 Å². The van der Waals surface area contributed by atoms with Crippen LogP contribution >= 0.6 is 0 Å². The minimum Gasteiger partial charge on any atom is -0.306 e. The third kappa shape index (κ3) is 3.19. The van der Waals surface area contributed by atoms with E-state index in [-0.39, 0.29) is 17.9 Å². The quantitative estimate of drug-likeness (QED) is 0.554. The number of pyridine rings is 1. The van der Waals surface area contributed by atoms with Gasteiger partial charge in [0.1, 0.15) is 5.52 Å². The number of hydrogen-bond donors (Lipinski definition) is 2. The maximum absolute atomic E-state index is 13.0. The van der Waals surface area contributed by atoms with Crippen molar-refractivity contribution in [3.63, 3.8) is 0 Å². The number of nitrogens with zero attached hydrogens (tertiary/aromatic N) is 2. The van der Waals surface area contributed by atoms with Gasteiger partial charge in [0.2, 0.25) is 10.0 Å². The second-order valence-electron chi connectivity index (χ2n) is 6.33. The van der Waals surface area contributed by atoms with Gasteiger partial charge in [0.25, 0.3) is 5.56 Å². The second kappa shape index (κ2) is 6.55. The third-order valence-electron chi connectivity index (χ3n) is 4.49. The first kappa shape index (κ1) is 17.3. The molecule has 0 spiro atoms. The van der Waals surface area contributed by atoms with Crippen LogP contribution in [0.4, 0.5) is 5.69 Å². The van der Waals surface area contributed by atoms with E-state index in [4.69, 9.17) is 0 Å². The first-order chi connectivity index (χ1) is 13.0. The summed E-state index contributed by atoms with van der Waals surface area (Å²) in [6.45, 7) is 1.83. The molecule has 8 heteroatoms. The Balaban J connectivity index is 1.74. The van der Waals surface area contributed by atoms with Gasteiger partial charge < -0.3 is 4.57 Å². The van der Waals surface area contributed by atoms with Crippen LogP contribution in [0.25, 0.3) is 21.8 Å². The van der Waals surface area contributed by atoms with Crippen LogP contribution in [0.2, 0.25) is 0 Å². The summed E-state index contributed by atoms with van der Waals surface area (Å²) in [7, 11) is -3.60. The molecule has 138 valence electrons. The van der Waals surface area contributed by atoms with Crippen LogP contribution in [0.1, 0.15) is 5.69 Å². The minimum absolute atomic E-state index is 0.0437. The van der Waals surface area contributed by atoms with Gasteiger partial charge in [0.15, 0.2) is 0 Å². The number of H-pyrrole nitrogens is 1. The normalized spacial score (nSPS) is 11.9. The summed E-state index contributed by atoms with van der Waals surface area (Å²) < 4.78 is 29.0. The van der Waals surface area contributed by atoms with Gasteiger partial charge in [-0.15, -0.1) is 0 Å². The number of para-hydroxylation sites is 2. The molecule has 0 bridgehead atoms. The molecule has 0 aliphatic carbocycles. The lowest BCUT2D eigenvalue weighted by molar-refractivity contribution is 0.594. The first-order valence-electron chi connectivity index (χ1n) is 8.48. The smallest absolute Gasteiger partial charge is 0.262 e. The van der Waals surface area contributed by atoms with E-state index in [1.807, 2.05) is 24.3 Å². The number of nitrogens with one attached hydrogen (secondary N) is 2. The minimum atomic E-state index is -3.60. The van der Waals surface area contributed by atoms with Crippen LogP contribution in [0.15, 0.2) is 59.4 Å². The Morgan fingerprint density at radius 3 is 2.56 bits per heavy atom. The average molecular weight is 382 g/mol. The van der Waals surface area contributed by atoms with E-state index >= 15 is 0 Å².